The lowest BCUT2D eigenvalue weighted by Gasteiger charge is -2.30. The van der Waals surface area contributed by atoms with Crippen molar-refractivity contribution in [2.45, 2.75) is 19.0 Å². The maximum absolute atomic E-state index is 9.14. The molecular formula is C15H17N5O. The molecule has 2 heterocycles. The van der Waals surface area contributed by atoms with Gasteiger partial charge in [-0.25, -0.2) is 0 Å². The molecule has 0 spiro atoms. The maximum Gasteiger partial charge on any atom is 0.240 e. The molecule has 6 heteroatoms. The fraction of sp³-hybridized carbons (Fsp3) is 0.400. The van der Waals surface area contributed by atoms with Crippen molar-refractivity contribution in [2.24, 2.45) is 0 Å². The van der Waals surface area contributed by atoms with Crippen LogP contribution in [0.2, 0.25) is 0 Å². The minimum absolute atomic E-state index is 0.136. The number of hydrogen-bond acceptors (Lipinski definition) is 6. The van der Waals surface area contributed by atoms with Gasteiger partial charge in [0, 0.05) is 26.1 Å². The summed E-state index contributed by atoms with van der Waals surface area (Å²) in [4.78, 5) is 6.48. The molecule has 0 aliphatic carbocycles. The Balaban J connectivity index is 1.64. The molecule has 1 fully saturated rings. The van der Waals surface area contributed by atoms with Gasteiger partial charge >= 0.3 is 0 Å². The molecule has 0 saturated carbocycles. The van der Waals surface area contributed by atoms with Crippen LogP contribution < -0.4 is 5.32 Å². The third-order valence-electron chi connectivity index (χ3n) is 3.56. The quantitative estimate of drug-likeness (QED) is 0.900. The van der Waals surface area contributed by atoms with Gasteiger partial charge in [-0.05, 0) is 5.56 Å². The van der Waals surface area contributed by atoms with E-state index < -0.39 is 0 Å². The van der Waals surface area contributed by atoms with Crippen LogP contribution in [0.25, 0.3) is 0 Å². The molecule has 2 aromatic rings. The number of benzene rings is 1. The molecule has 0 radical (unpaired) electrons. The van der Waals surface area contributed by atoms with E-state index in [2.05, 4.69) is 26.4 Å². The summed E-state index contributed by atoms with van der Waals surface area (Å²) in [5.41, 5.74) is 1.15. The molecule has 6 nitrogen and oxygen atoms in total. The van der Waals surface area contributed by atoms with Crippen LogP contribution >= 0.6 is 0 Å². The average molecular weight is 283 g/mol. The molecule has 1 aromatic heterocycles. The van der Waals surface area contributed by atoms with Crippen molar-refractivity contribution in [3.05, 3.63) is 47.6 Å². The van der Waals surface area contributed by atoms with Gasteiger partial charge in [-0.15, -0.1) is 0 Å². The van der Waals surface area contributed by atoms with Gasteiger partial charge in [0.1, 0.15) is 6.04 Å². The van der Waals surface area contributed by atoms with Gasteiger partial charge in [0.05, 0.1) is 12.6 Å². The minimum atomic E-state index is -0.136. The van der Waals surface area contributed by atoms with E-state index in [4.69, 9.17) is 9.78 Å². The van der Waals surface area contributed by atoms with E-state index >= 15 is 0 Å². The molecule has 1 aliphatic rings. The zero-order valence-corrected chi connectivity index (χ0v) is 11.7. The van der Waals surface area contributed by atoms with Crippen LogP contribution in [0.1, 0.15) is 17.3 Å². The van der Waals surface area contributed by atoms with Crippen molar-refractivity contribution in [1.29, 1.82) is 5.26 Å². The van der Waals surface area contributed by atoms with Gasteiger partial charge in [0.25, 0.3) is 0 Å². The molecule has 0 amide bonds. The molecule has 1 unspecified atom stereocenters. The van der Waals surface area contributed by atoms with Gasteiger partial charge in [0.15, 0.2) is 5.82 Å². The van der Waals surface area contributed by atoms with Crippen LogP contribution in [-0.2, 0) is 13.0 Å². The number of rotatable bonds is 4. The summed E-state index contributed by atoms with van der Waals surface area (Å²) in [6, 6.07) is 12.2. The fourth-order valence-corrected chi connectivity index (χ4v) is 2.44. The van der Waals surface area contributed by atoms with Gasteiger partial charge in [0.2, 0.25) is 5.89 Å². The Morgan fingerprint density at radius 1 is 1.38 bits per heavy atom. The van der Waals surface area contributed by atoms with E-state index in [-0.39, 0.29) is 6.04 Å². The van der Waals surface area contributed by atoms with E-state index in [1.807, 2.05) is 30.3 Å². The van der Waals surface area contributed by atoms with E-state index in [1.54, 1.807) is 0 Å². The van der Waals surface area contributed by atoms with E-state index in [1.165, 1.54) is 0 Å². The maximum atomic E-state index is 9.14. The summed E-state index contributed by atoms with van der Waals surface area (Å²) in [6.07, 6.45) is 0.660. The second-order valence-corrected chi connectivity index (χ2v) is 5.09. The van der Waals surface area contributed by atoms with Crippen LogP contribution in [0.15, 0.2) is 34.9 Å². The number of nitrogens with zero attached hydrogens (tertiary/aromatic N) is 4. The largest absolute Gasteiger partial charge is 0.338 e. The number of aromatic nitrogens is 2. The normalized spacial score (nSPS) is 19.3. The highest BCUT2D eigenvalue weighted by molar-refractivity contribution is 5.18. The lowest BCUT2D eigenvalue weighted by atomic mass is 10.1. The van der Waals surface area contributed by atoms with Crippen LogP contribution in [0.5, 0.6) is 0 Å². The molecule has 1 aromatic carbocycles. The first-order chi connectivity index (χ1) is 10.3. The van der Waals surface area contributed by atoms with Crippen molar-refractivity contribution in [2.75, 3.05) is 19.6 Å². The highest BCUT2D eigenvalue weighted by Crippen LogP contribution is 2.11. The van der Waals surface area contributed by atoms with Crippen LogP contribution in [-0.4, -0.2) is 40.7 Å². The molecule has 0 bridgehead atoms. The molecule has 1 aliphatic heterocycles. The molecule has 21 heavy (non-hydrogen) atoms. The van der Waals surface area contributed by atoms with Gasteiger partial charge in [-0.3, -0.25) is 4.90 Å². The number of hydrogen-bond donors (Lipinski definition) is 1. The minimum Gasteiger partial charge on any atom is -0.338 e. The second kappa shape index (κ2) is 6.48. The Bertz CT molecular complexity index is 618. The Morgan fingerprint density at radius 3 is 3.05 bits per heavy atom. The standard InChI is InChI=1S/C15H17N5O/c16-9-13-10-17-6-7-20(13)11-15-18-14(19-21-15)8-12-4-2-1-3-5-12/h1-5,13,17H,6-8,10-11H2. The van der Waals surface area contributed by atoms with Crippen molar-refractivity contribution in [3.63, 3.8) is 0 Å². The highest BCUT2D eigenvalue weighted by Gasteiger charge is 2.23. The first-order valence-corrected chi connectivity index (χ1v) is 7.05. The van der Waals surface area contributed by atoms with Gasteiger partial charge < -0.3 is 9.84 Å². The van der Waals surface area contributed by atoms with Crippen molar-refractivity contribution in [1.82, 2.24) is 20.4 Å². The van der Waals surface area contributed by atoms with E-state index in [0.717, 1.165) is 18.7 Å². The topological polar surface area (TPSA) is 78.0 Å². The van der Waals surface area contributed by atoms with E-state index in [9.17, 15) is 0 Å². The summed E-state index contributed by atoms with van der Waals surface area (Å²) in [7, 11) is 0. The Kier molecular flexibility index (Phi) is 4.24. The van der Waals surface area contributed by atoms with Gasteiger partial charge in [-0.1, -0.05) is 35.5 Å². The fourth-order valence-electron chi connectivity index (χ4n) is 2.44. The lowest BCUT2D eigenvalue weighted by molar-refractivity contribution is 0.166. The second-order valence-electron chi connectivity index (χ2n) is 5.09. The third kappa shape index (κ3) is 3.45. The number of piperazine rings is 1. The highest BCUT2D eigenvalue weighted by atomic mass is 16.5. The summed E-state index contributed by atoms with van der Waals surface area (Å²) in [5, 5.41) is 16.4. The van der Waals surface area contributed by atoms with Crippen LogP contribution in [0.3, 0.4) is 0 Å². The molecule has 108 valence electrons. The first-order valence-electron chi connectivity index (χ1n) is 7.05. The predicted octanol–water partition coefficient (Wildman–Crippen LogP) is 0.958. The summed E-state index contributed by atoms with van der Waals surface area (Å²) in [6.45, 7) is 2.90. The zero-order chi connectivity index (χ0) is 14.5. The third-order valence-corrected chi connectivity index (χ3v) is 3.56. The van der Waals surface area contributed by atoms with Gasteiger partial charge in [-0.2, -0.15) is 10.2 Å². The number of nitrogens with one attached hydrogen (secondary N) is 1. The lowest BCUT2D eigenvalue weighted by Crippen LogP contribution is -2.50. The first kappa shape index (κ1) is 13.7. The summed E-state index contributed by atoms with van der Waals surface area (Å²) < 4.78 is 5.30. The SMILES string of the molecule is N#CC1CNCCN1Cc1nc(Cc2ccccc2)no1. The molecular weight excluding hydrogens is 266 g/mol. The number of nitriles is 1. The van der Waals surface area contributed by atoms with Crippen molar-refractivity contribution >= 4 is 0 Å². The van der Waals surface area contributed by atoms with Crippen molar-refractivity contribution in [3.8, 4) is 6.07 Å². The van der Waals surface area contributed by atoms with Crippen LogP contribution in [0.4, 0.5) is 0 Å². The smallest absolute Gasteiger partial charge is 0.240 e. The summed E-state index contributed by atoms with van der Waals surface area (Å²) in [5.74, 6) is 1.25. The molecule has 3 rings (SSSR count). The predicted molar refractivity (Wildman–Crippen MR) is 76.2 cm³/mol. The summed E-state index contributed by atoms with van der Waals surface area (Å²) >= 11 is 0. The zero-order valence-electron chi connectivity index (χ0n) is 11.7. The molecule has 1 N–H and O–H groups in total. The Labute approximate surface area is 123 Å². The van der Waals surface area contributed by atoms with E-state index in [0.29, 0.717) is 31.2 Å². The Morgan fingerprint density at radius 2 is 2.24 bits per heavy atom. The molecule has 1 atom stereocenters. The van der Waals surface area contributed by atoms with Crippen molar-refractivity contribution < 1.29 is 4.52 Å². The monoisotopic (exact) mass is 283 g/mol. The van der Waals surface area contributed by atoms with Crippen LogP contribution in [0, 0.1) is 11.3 Å². The average Bonchev–Trinajstić information content (AvgIpc) is 2.96. The molecule has 1 saturated heterocycles. The Hall–Kier alpha value is -2.23.